The van der Waals surface area contributed by atoms with Gasteiger partial charge in [-0.2, -0.15) is 0 Å². The zero-order chi connectivity index (χ0) is 15.4. The molecule has 1 aliphatic rings. The van der Waals surface area contributed by atoms with Crippen LogP contribution in [-0.2, 0) is 6.42 Å². The predicted molar refractivity (Wildman–Crippen MR) is 87.1 cm³/mol. The first kappa shape index (κ1) is 16.5. The number of thiophene rings is 1. The monoisotopic (exact) mass is 310 g/mol. The second kappa shape index (κ2) is 7.38. The molecule has 5 heteroatoms. The summed E-state index contributed by atoms with van der Waals surface area (Å²) in [6.07, 6.45) is 1.52. The Bertz CT molecular complexity index is 479. The summed E-state index contributed by atoms with van der Waals surface area (Å²) in [5.74, 6) is 0.165. The van der Waals surface area contributed by atoms with Crippen molar-refractivity contribution in [3.05, 3.63) is 21.4 Å². The summed E-state index contributed by atoms with van der Waals surface area (Å²) in [5, 5.41) is 9.70. The molecule has 0 radical (unpaired) electrons. The van der Waals surface area contributed by atoms with Crippen molar-refractivity contribution in [3.8, 4) is 0 Å². The van der Waals surface area contributed by atoms with Crippen molar-refractivity contribution < 1.29 is 9.90 Å². The number of nitrogens with zero attached hydrogens (tertiary/aromatic N) is 2. The Labute approximate surface area is 131 Å². The van der Waals surface area contributed by atoms with Gasteiger partial charge in [-0.15, -0.1) is 11.3 Å². The number of carbonyl (C=O) groups excluding carboxylic acids is 1. The highest BCUT2D eigenvalue weighted by atomic mass is 32.1. The van der Waals surface area contributed by atoms with Crippen LogP contribution in [0.5, 0.6) is 0 Å². The van der Waals surface area contributed by atoms with Crippen molar-refractivity contribution in [1.29, 1.82) is 0 Å². The standard InChI is InChI=1S/C16H26N2O2S/c1-4-13-10-15(21-12(13)3)16(20)18-8-6-17(7-9-18)11-14(19)5-2/h10,14,19H,4-9,11H2,1-3H3/t14-/m0/s1. The smallest absolute Gasteiger partial charge is 0.264 e. The molecule has 1 amide bonds. The summed E-state index contributed by atoms with van der Waals surface area (Å²) in [5.41, 5.74) is 1.29. The molecule has 1 saturated heterocycles. The molecule has 0 bridgehead atoms. The van der Waals surface area contributed by atoms with E-state index in [1.165, 1.54) is 10.4 Å². The quantitative estimate of drug-likeness (QED) is 0.906. The molecule has 118 valence electrons. The van der Waals surface area contributed by atoms with Gasteiger partial charge in [0.25, 0.3) is 5.91 Å². The number of aliphatic hydroxyl groups excluding tert-OH is 1. The van der Waals surface area contributed by atoms with Crippen molar-refractivity contribution in [2.24, 2.45) is 0 Å². The maximum atomic E-state index is 12.5. The Balaban J connectivity index is 1.90. The lowest BCUT2D eigenvalue weighted by molar-refractivity contribution is 0.0527. The minimum absolute atomic E-state index is 0.165. The van der Waals surface area contributed by atoms with E-state index >= 15 is 0 Å². The third-order valence-electron chi connectivity index (χ3n) is 4.21. The topological polar surface area (TPSA) is 43.8 Å². The van der Waals surface area contributed by atoms with E-state index in [-0.39, 0.29) is 12.0 Å². The maximum absolute atomic E-state index is 12.5. The van der Waals surface area contributed by atoms with Gasteiger partial charge in [-0.1, -0.05) is 13.8 Å². The van der Waals surface area contributed by atoms with E-state index in [1.54, 1.807) is 11.3 Å². The largest absolute Gasteiger partial charge is 0.392 e. The second-order valence-corrected chi connectivity index (χ2v) is 6.96. The Hall–Kier alpha value is -0.910. The van der Waals surface area contributed by atoms with Gasteiger partial charge in [0, 0.05) is 37.6 Å². The fraction of sp³-hybridized carbons (Fsp3) is 0.688. The fourth-order valence-electron chi connectivity index (χ4n) is 2.69. The highest BCUT2D eigenvalue weighted by molar-refractivity contribution is 7.14. The molecule has 0 aliphatic carbocycles. The number of hydrogen-bond acceptors (Lipinski definition) is 4. The lowest BCUT2D eigenvalue weighted by Crippen LogP contribution is -2.50. The fourth-order valence-corrected chi connectivity index (χ4v) is 3.77. The first-order valence-electron chi connectivity index (χ1n) is 7.84. The van der Waals surface area contributed by atoms with Gasteiger partial charge in [0.1, 0.15) is 0 Å². The lowest BCUT2D eigenvalue weighted by Gasteiger charge is -2.35. The zero-order valence-corrected chi connectivity index (χ0v) is 14.1. The van der Waals surface area contributed by atoms with Gasteiger partial charge in [0.15, 0.2) is 0 Å². The molecule has 0 unspecified atom stereocenters. The highest BCUT2D eigenvalue weighted by Crippen LogP contribution is 2.23. The van der Waals surface area contributed by atoms with Gasteiger partial charge in [-0.3, -0.25) is 9.69 Å². The molecule has 1 fully saturated rings. The molecule has 4 nitrogen and oxygen atoms in total. The van der Waals surface area contributed by atoms with Crippen LogP contribution in [0, 0.1) is 6.92 Å². The van der Waals surface area contributed by atoms with E-state index in [0.717, 1.165) is 50.4 Å². The van der Waals surface area contributed by atoms with Crippen LogP contribution in [0.25, 0.3) is 0 Å². The third kappa shape index (κ3) is 4.05. The van der Waals surface area contributed by atoms with Gasteiger partial charge in [-0.25, -0.2) is 0 Å². The number of carbonyl (C=O) groups is 1. The first-order valence-corrected chi connectivity index (χ1v) is 8.65. The second-order valence-electron chi connectivity index (χ2n) is 5.70. The molecule has 1 aliphatic heterocycles. The van der Waals surface area contributed by atoms with Crippen molar-refractivity contribution in [2.75, 3.05) is 32.7 Å². The predicted octanol–water partition coefficient (Wildman–Crippen LogP) is 2.15. The van der Waals surface area contributed by atoms with Crippen LogP contribution in [-0.4, -0.2) is 59.6 Å². The lowest BCUT2D eigenvalue weighted by atomic mass is 10.2. The Kier molecular flexibility index (Phi) is 5.79. The highest BCUT2D eigenvalue weighted by Gasteiger charge is 2.24. The summed E-state index contributed by atoms with van der Waals surface area (Å²) < 4.78 is 0. The third-order valence-corrected chi connectivity index (χ3v) is 5.29. The van der Waals surface area contributed by atoms with E-state index < -0.39 is 0 Å². The Morgan fingerprint density at radius 2 is 2.00 bits per heavy atom. The number of rotatable bonds is 5. The molecule has 1 aromatic rings. The van der Waals surface area contributed by atoms with Crippen molar-refractivity contribution in [3.63, 3.8) is 0 Å². The van der Waals surface area contributed by atoms with E-state index in [2.05, 4.69) is 24.8 Å². The summed E-state index contributed by atoms with van der Waals surface area (Å²) in [7, 11) is 0. The Morgan fingerprint density at radius 1 is 1.33 bits per heavy atom. The molecular formula is C16H26N2O2S. The van der Waals surface area contributed by atoms with Crippen LogP contribution >= 0.6 is 11.3 Å². The molecule has 1 N–H and O–H groups in total. The molecule has 0 spiro atoms. The molecule has 2 heterocycles. The van der Waals surface area contributed by atoms with Crippen LogP contribution in [0.3, 0.4) is 0 Å². The van der Waals surface area contributed by atoms with Gasteiger partial charge >= 0.3 is 0 Å². The average molecular weight is 310 g/mol. The van der Waals surface area contributed by atoms with Gasteiger partial charge in [-0.05, 0) is 31.4 Å². The van der Waals surface area contributed by atoms with Crippen LogP contribution in [0.15, 0.2) is 6.07 Å². The number of aliphatic hydroxyl groups is 1. The number of hydrogen-bond donors (Lipinski definition) is 1. The average Bonchev–Trinajstić information content (AvgIpc) is 2.88. The SMILES string of the molecule is CCc1cc(C(=O)N2CCN(C[C@@H](O)CC)CC2)sc1C. The van der Waals surface area contributed by atoms with E-state index in [1.807, 2.05) is 11.8 Å². The first-order chi connectivity index (χ1) is 10.0. The minimum atomic E-state index is -0.251. The zero-order valence-electron chi connectivity index (χ0n) is 13.3. The number of piperazine rings is 1. The number of aryl methyl sites for hydroxylation is 2. The van der Waals surface area contributed by atoms with Crippen LogP contribution in [0.1, 0.15) is 40.4 Å². The molecule has 0 saturated carbocycles. The maximum Gasteiger partial charge on any atom is 0.264 e. The normalized spacial score (nSPS) is 18.0. The minimum Gasteiger partial charge on any atom is -0.392 e. The van der Waals surface area contributed by atoms with Crippen LogP contribution in [0.4, 0.5) is 0 Å². The Morgan fingerprint density at radius 3 is 2.52 bits per heavy atom. The summed E-state index contributed by atoms with van der Waals surface area (Å²) >= 11 is 1.61. The molecule has 1 atom stereocenters. The van der Waals surface area contributed by atoms with Crippen LogP contribution < -0.4 is 0 Å². The van der Waals surface area contributed by atoms with E-state index in [4.69, 9.17) is 0 Å². The number of β-amino-alcohol motifs (C(OH)–C–C–N with tert-alkyl or cyclic N) is 1. The van der Waals surface area contributed by atoms with Crippen LogP contribution in [0.2, 0.25) is 0 Å². The summed E-state index contributed by atoms with van der Waals surface area (Å²) in [6.45, 7) is 10.2. The number of amides is 1. The molecule has 0 aromatic carbocycles. The van der Waals surface area contributed by atoms with Gasteiger partial charge in [0.05, 0.1) is 11.0 Å². The van der Waals surface area contributed by atoms with E-state index in [0.29, 0.717) is 0 Å². The van der Waals surface area contributed by atoms with Crippen molar-refractivity contribution in [1.82, 2.24) is 9.80 Å². The van der Waals surface area contributed by atoms with Crippen molar-refractivity contribution >= 4 is 17.2 Å². The molecule has 1 aromatic heterocycles. The summed E-state index contributed by atoms with van der Waals surface area (Å²) in [4.78, 5) is 18.8. The summed E-state index contributed by atoms with van der Waals surface area (Å²) in [6, 6.07) is 2.05. The molecular weight excluding hydrogens is 284 g/mol. The van der Waals surface area contributed by atoms with E-state index in [9.17, 15) is 9.90 Å². The molecule has 2 rings (SSSR count). The van der Waals surface area contributed by atoms with Crippen molar-refractivity contribution in [2.45, 2.75) is 39.7 Å². The van der Waals surface area contributed by atoms with Gasteiger partial charge < -0.3 is 10.0 Å². The molecule has 21 heavy (non-hydrogen) atoms. The van der Waals surface area contributed by atoms with Gasteiger partial charge in [0.2, 0.25) is 0 Å².